The molecule has 0 amide bonds. The highest BCUT2D eigenvalue weighted by Crippen LogP contribution is 2.38. The Labute approximate surface area is 149 Å². The summed E-state index contributed by atoms with van der Waals surface area (Å²) >= 11 is 0. The largest absolute Gasteiger partial charge is 0.480 e. The van der Waals surface area contributed by atoms with Crippen molar-refractivity contribution in [3.8, 4) is 0 Å². The van der Waals surface area contributed by atoms with Crippen molar-refractivity contribution in [2.45, 2.75) is 31.8 Å². The minimum absolute atomic E-state index is 0.217. The Morgan fingerprint density at radius 2 is 2.08 bits per heavy atom. The number of ether oxygens (including phenoxy) is 1. The van der Waals surface area contributed by atoms with Gasteiger partial charge in [-0.05, 0) is 23.5 Å². The molecule has 6 heteroatoms. The van der Waals surface area contributed by atoms with Gasteiger partial charge in [-0.1, -0.05) is 38.1 Å². The fraction of sp³-hybridized carbons (Fsp3) is 0.579. The number of aliphatic carboxylic acids is 1. The number of rotatable bonds is 10. The standard InChI is InChI=1S/C19H28N2O4/c1-15(2)16-7-4-5-8-17(16)19(14-22,20-9-6-10-20)21(11-12-25-3)13-18(23)24/h4-5,7-8,14-15H,6,9-13H2,1-3H3,(H,23,24). The van der Waals surface area contributed by atoms with E-state index in [1.165, 1.54) is 0 Å². The molecule has 1 aromatic rings. The van der Waals surface area contributed by atoms with E-state index in [-0.39, 0.29) is 12.5 Å². The molecule has 138 valence electrons. The average molecular weight is 348 g/mol. The molecule has 0 spiro atoms. The van der Waals surface area contributed by atoms with Crippen molar-refractivity contribution in [2.24, 2.45) is 0 Å². The number of carboxylic acid groups (broad SMARTS) is 1. The molecule has 0 bridgehead atoms. The van der Waals surface area contributed by atoms with E-state index >= 15 is 0 Å². The van der Waals surface area contributed by atoms with Gasteiger partial charge in [0.1, 0.15) is 0 Å². The lowest BCUT2D eigenvalue weighted by Crippen LogP contribution is -2.65. The van der Waals surface area contributed by atoms with Gasteiger partial charge in [0, 0.05) is 26.7 Å². The van der Waals surface area contributed by atoms with E-state index in [1.54, 1.807) is 12.0 Å². The smallest absolute Gasteiger partial charge is 0.317 e. The van der Waals surface area contributed by atoms with E-state index in [1.807, 2.05) is 24.3 Å². The lowest BCUT2D eigenvalue weighted by atomic mass is 9.85. The number of carbonyl (C=O) groups is 2. The van der Waals surface area contributed by atoms with Crippen LogP contribution in [0.3, 0.4) is 0 Å². The molecule has 1 fully saturated rings. The first-order valence-corrected chi connectivity index (χ1v) is 8.74. The molecule has 0 saturated carbocycles. The summed E-state index contributed by atoms with van der Waals surface area (Å²) < 4.78 is 5.17. The van der Waals surface area contributed by atoms with Crippen LogP contribution in [-0.4, -0.2) is 67.1 Å². The van der Waals surface area contributed by atoms with Crippen LogP contribution in [0.25, 0.3) is 0 Å². The first kappa shape index (κ1) is 19.6. The molecule has 1 aliphatic rings. The van der Waals surface area contributed by atoms with Crippen LogP contribution in [0.1, 0.15) is 37.3 Å². The Kier molecular flexibility index (Phi) is 6.70. The van der Waals surface area contributed by atoms with Gasteiger partial charge in [0.15, 0.2) is 11.9 Å². The number of benzene rings is 1. The van der Waals surface area contributed by atoms with Crippen LogP contribution in [0, 0.1) is 0 Å². The Morgan fingerprint density at radius 1 is 1.40 bits per heavy atom. The van der Waals surface area contributed by atoms with Gasteiger partial charge >= 0.3 is 5.97 Å². The molecule has 1 aromatic carbocycles. The van der Waals surface area contributed by atoms with Gasteiger partial charge in [-0.2, -0.15) is 0 Å². The predicted octanol–water partition coefficient (Wildman–Crippen LogP) is 1.90. The van der Waals surface area contributed by atoms with E-state index in [0.717, 1.165) is 36.9 Å². The minimum Gasteiger partial charge on any atom is -0.480 e. The summed E-state index contributed by atoms with van der Waals surface area (Å²) in [5.74, 6) is -0.726. The Balaban J connectivity index is 2.60. The van der Waals surface area contributed by atoms with Gasteiger partial charge in [0.05, 0.1) is 13.2 Å². The Hall–Kier alpha value is -1.76. The zero-order chi connectivity index (χ0) is 18.4. The van der Waals surface area contributed by atoms with Crippen LogP contribution in [0.2, 0.25) is 0 Å². The highest BCUT2D eigenvalue weighted by atomic mass is 16.5. The number of hydrogen-bond acceptors (Lipinski definition) is 5. The summed E-state index contributed by atoms with van der Waals surface area (Å²) in [5, 5.41) is 9.42. The SMILES string of the molecule is COCCN(CC(=O)O)C(C=O)(c1ccccc1C(C)C)N1CCC1. The summed E-state index contributed by atoms with van der Waals surface area (Å²) in [4.78, 5) is 27.8. The van der Waals surface area contributed by atoms with Crippen molar-refractivity contribution in [1.82, 2.24) is 9.80 Å². The summed E-state index contributed by atoms with van der Waals surface area (Å²) in [6.07, 6.45) is 1.91. The molecule has 0 aromatic heterocycles. The van der Waals surface area contributed by atoms with Crippen molar-refractivity contribution in [2.75, 3.05) is 39.9 Å². The van der Waals surface area contributed by atoms with Crippen LogP contribution < -0.4 is 0 Å². The summed E-state index contributed by atoms with van der Waals surface area (Å²) in [6, 6.07) is 7.84. The lowest BCUT2D eigenvalue weighted by Gasteiger charge is -2.52. The highest BCUT2D eigenvalue weighted by molar-refractivity contribution is 5.73. The molecular weight excluding hydrogens is 320 g/mol. The fourth-order valence-corrected chi connectivity index (χ4v) is 3.48. The molecule has 1 atom stereocenters. The minimum atomic E-state index is -1.07. The van der Waals surface area contributed by atoms with E-state index in [4.69, 9.17) is 4.74 Å². The highest BCUT2D eigenvalue weighted by Gasteiger charge is 2.48. The summed E-state index contributed by atoms with van der Waals surface area (Å²) in [7, 11) is 1.58. The van der Waals surface area contributed by atoms with Gasteiger partial charge in [0.25, 0.3) is 0 Å². The van der Waals surface area contributed by atoms with Gasteiger partial charge in [0.2, 0.25) is 0 Å². The van der Waals surface area contributed by atoms with E-state index in [2.05, 4.69) is 18.7 Å². The fourth-order valence-electron chi connectivity index (χ4n) is 3.48. The molecular formula is C19H28N2O4. The van der Waals surface area contributed by atoms with Crippen molar-refractivity contribution in [1.29, 1.82) is 0 Å². The number of carbonyl (C=O) groups excluding carboxylic acids is 1. The number of methoxy groups -OCH3 is 1. The third kappa shape index (κ3) is 3.92. The summed E-state index contributed by atoms with van der Waals surface area (Å²) in [5.41, 5.74) is 0.863. The van der Waals surface area contributed by atoms with E-state index < -0.39 is 11.6 Å². The second-order valence-electron chi connectivity index (χ2n) is 6.73. The monoisotopic (exact) mass is 348 g/mol. The van der Waals surface area contributed by atoms with Crippen molar-refractivity contribution in [3.05, 3.63) is 35.4 Å². The second kappa shape index (κ2) is 8.56. The molecule has 0 radical (unpaired) electrons. The van der Waals surface area contributed by atoms with Crippen LogP contribution in [0.4, 0.5) is 0 Å². The lowest BCUT2D eigenvalue weighted by molar-refractivity contribution is -0.155. The first-order chi connectivity index (χ1) is 12.0. The molecule has 25 heavy (non-hydrogen) atoms. The zero-order valence-corrected chi connectivity index (χ0v) is 15.3. The van der Waals surface area contributed by atoms with Crippen LogP contribution in [0.5, 0.6) is 0 Å². The number of aldehydes is 1. The van der Waals surface area contributed by atoms with Gasteiger partial charge in [-0.15, -0.1) is 0 Å². The Bertz CT molecular complexity index is 601. The zero-order valence-electron chi connectivity index (χ0n) is 15.3. The normalized spacial score (nSPS) is 17.3. The number of nitrogens with zero attached hydrogens (tertiary/aromatic N) is 2. The quantitative estimate of drug-likeness (QED) is 0.651. The third-order valence-corrected chi connectivity index (χ3v) is 4.86. The van der Waals surface area contributed by atoms with Gasteiger partial charge < -0.3 is 9.84 Å². The molecule has 2 rings (SSSR count). The molecule has 1 unspecified atom stereocenters. The Morgan fingerprint density at radius 3 is 2.56 bits per heavy atom. The molecule has 0 aliphatic carbocycles. The van der Waals surface area contributed by atoms with Crippen LogP contribution >= 0.6 is 0 Å². The van der Waals surface area contributed by atoms with E-state index in [0.29, 0.717) is 13.2 Å². The first-order valence-electron chi connectivity index (χ1n) is 8.74. The van der Waals surface area contributed by atoms with E-state index in [9.17, 15) is 14.7 Å². The number of likely N-dealkylation sites (tertiary alicyclic amines) is 1. The average Bonchev–Trinajstić information content (AvgIpc) is 2.54. The third-order valence-electron chi connectivity index (χ3n) is 4.86. The maximum absolute atomic E-state index is 12.5. The predicted molar refractivity (Wildman–Crippen MR) is 95.5 cm³/mol. The summed E-state index contributed by atoms with van der Waals surface area (Å²) in [6.45, 7) is 6.22. The van der Waals surface area contributed by atoms with Gasteiger partial charge in [-0.25, -0.2) is 0 Å². The molecule has 1 N–H and O–H groups in total. The van der Waals surface area contributed by atoms with Crippen molar-refractivity contribution in [3.63, 3.8) is 0 Å². The van der Waals surface area contributed by atoms with Crippen molar-refractivity contribution >= 4 is 12.3 Å². The van der Waals surface area contributed by atoms with Crippen LogP contribution in [-0.2, 0) is 20.0 Å². The van der Waals surface area contributed by atoms with Crippen molar-refractivity contribution < 1.29 is 19.4 Å². The van der Waals surface area contributed by atoms with Gasteiger partial charge in [-0.3, -0.25) is 19.4 Å². The molecule has 1 saturated heterocycles. The maximum atomic E-state index is 12.5. The van der Waals surface area contributed by atoms with Crippen LogP contribution in [0.15, 0.2) is 24.3 Å². The molecule has 6 nitrogen and oxygen atoms in total. The number of carboxylic acids is 1. The maximum Gasteiger partial charge on any atom is 0.317 e. The molecule has 1 heterocycles. The molecule has 1 aliphatic heterocycles. The second-order valence-corrected chi connectivity index (χ2v) is 6.73. The topological polar surface area (TPSA) is 70.1 Å². The number of hydrogen-bond donors (Lipinski definition) is 1.